The van der Waals surface area contributed by atoms with Crippen LogP contribution in [0.25, 0.3) is 0 Å². The highest BCUT2D eigenvalue weighted by Crippen LogP contribution is 2.43. The lowest BCUT2D eigenvalue weighted by atomic mass is 9.87. The maximum Gasteiger partial charge on any atom is 0.167 e. The molecule has 0 fully saturated rings. The van der Waals surface area contributed by atoms with Crippen LogP contribution in [0.3, 0.4) is 0 Å². The molecule has 3 heteroatoms. The van der Waals surface area contributed by atoms with Crippen LogP contribution in [0.2, 0.25) is 0 Å². The van der Waals surface area contributed by atoms with Crippen LogP contribution >= 0.6 is 0 Å². The van der Waals surface area contributed by atoms with E-state index in [1.165, 1.54) is 0 Å². The van der Waals surface area contributed by atoms with Crippen LogP contribution in [0, 0.1) is 32.6 Å². The molecule has 130 valence electrons. The van der Waals surface area contributed by atoms with Crippen molar-refractivity contribution in [1.82, 2.24) is 0 Å². The minimum absolute atomic E-state index is 0.380. The fraction of sp³-hybridized carbons (Fsp3) is 0.364. The predicted molar refractivity (Wildman–Crippen MR) is 99.5 cm³/mol. The molecule has 1 heterocycles. The van der Waals surface area contributed by atoms with Gasteiger partial charge in [-0.15, -0.1) is 0 Å². The lowest BCUT2D eigenvalue weighted by Crippen LogP contribution is -2.35. The van der Waals surface area contributed by atoms with Crippen LogP contribution in [0.1, 0.15) is 41.2 Å². The van der Waals surface area contributed by atoms with Gasteiger partial charge < -0.3 is 14.6 Å². The molecule has 3 rings (SSSR count). The lowest BCUT2D eigenvalue weighted by Gasteiger charge is -2.34. The van der Waals surface area contributed by atoms with Gasteiger partial charge in [-0.1, -0.05) is 17.9 Å². The Kier molecular flexibility index (Phi) is 4.39. The smallest absolute Gasteiger partial charge is 0.167 e. The normalized spacial score (nSPS) is 18.6. The molecular formula is C22H24O3. The van der Waals surface area contributed by atoms with Gasteiger partial charge >= 0.3 is 0 Å². The van der Waals surface area contributed by atoms with Gasteiger partial charge in [0.05, 0.1) is 7.11 Å². The highest BCUT2D eigenvalue weighted by atomic mass is 16.5. The zero-order valence-corrected chi connectivity index (χ0v) is 15.5. The molecule has 1 aliphatic rings. The molecule has 1 N–H and O–H groups in total. The van der Waals surface area contributed by atoms with Gasteiger partial charge in [0.1, 0.15) is 17.2 Å². The molecule has 0 aliphatic carbocycles. The number of fused-ring (bicyclic) bond motifs is 1. The summed E-state index contributed by atoms with van der Waals surface area (Å²) in [4.78, 5) is 0. The van der Waals surface area contributed by atoms with E-state index in [0.717, 1.165) is 52.2 Å². The third-order valence-corrected chi connectivity index (χ3v) is 5.06. The molecule has 2 aromatic carbocycles. The quantitative estimate of drug-likeness (QED) is 0.781. The van der Waals surface area contributed by atoms with Crippen molar-refractivity contribution in [3.8, 4) is 29.1 Å². The summed E-state index contributed by atoms with van der Waals surface area (Å²) >= 11 is 0. The van der Waals surface area contributed by atoms with Gasteiger partial charge in [0.2, 0.25) is 0 Å². The van der Waals surface area contributed by atoms with Crippen LogP contribution in [0.15, 0.2) is 24.3 Å². The maximum atomic E-state index is 10.3. The lowest BCUT2D eigenvalue weighted by molar-refractivity contribution is 0.122. The molecule has 0 saturated heterocycles. The summed E-state index contributed by atoms with van der Waals surface area (Å²) in [5, 5.41) is 10.3. The van der Waals surface area contributed by atoms with E-state index < -0.39 is 5.60 Å². The summed E-state index contributed by atoms with van der Waals surface area (Å²) in [5.74, 6) is 8.57. The molecule has 1 unspecified atom stereocenters. The third-order valence-electron chi connectivity index (χ3n) is 5.06. The van der Waals surface area contributed by atoms with E-state index in [1.54, 1.807) is 7.11 Å². The van der Waals surface area contributed by atoms with Gasteiger partial charge in [0.25, 0.3) is 0 Å². The Morgan fingerprint density at radius 2 is 1.92 bits per heavy atom. The van der Waals surface area contributed by atoms with Crippen LogP contribution in [-0.2, 0) is 6.42 Å². The summed E-state index contributed by atoms with van der Waals surface area (Å²) < 4.78 is 11.6. The highest BCUT2D eigenvalue weighted by molar-refractivity contribution is 5.59. The largest absolute Gasteiger partial charge is 0.507 e. The van der Waals surface area contributed by atoms with Crippen LogP contribution in [0.4, 0.5) is 0 Å². The van der Waals surface area contributed by atoms with E-state index >= 15 is 0 Å². The van der Waals surface area contributed by atoms with E-state index in [0.29, 0.717) is 5.75 Å². The monoisotopic (exact) mass is 336 g/mol. The predicted octanol–water partition coefficient (Wildman–Crippen LogP) is 4.46. The van der Waals surface area contributed by atoms with E-state index in [2.05, 4.69) is 11.8 Å². The van der Waals surface area contributed by atoms with Crippen molar-refractivity contribution < 1.29 is 14.6 Å². The second kappa shape index (κ2) is 6.37. The van der Waals surface area contributed by atoms with Crippen molar-refractivity contribution in [3.63, 3.8) is 0 Å². The molecule has 2 aromatic rings. The molecular weight excluding hydrogens is 312 g/mol. The fourth-order valence-electron chi connectivity index (χ4n) is 3.24. The first-order valence-corrected chi connectivity index (χ1v) is 8.52. The Bertz CT molecular complexity index is 886. The van der Waals surface area contributed by atoms with Crippen LogP contribution in [0.5, 0.6) is 17.2 Å². The summed E-state index contributed by atoms with van der Waals surface area (Å²) in [5.41, 5.74) is 4.25. The third kappa shape index (κ3) is 3.17. The maximum absolute atomic E-state index is 10.3. The number of phenols is 1. The summed E-state index contributed by atoms with van der Waals surface area (Å²) in [7, 11) is 1.65. The van der Waals surface area contributed by atoms with Crippen molar-refractivity contribution in [2.75, 3.05) is 7.11 Å². The average Bonchev–Trinajstić information content (AvgIpc) is 2.63. The Hall–Kier alpha value is -2.60. The van der Waals surface area contributed by atoms with Crippen LogP contribution in [-0.4, -0.2) is 17.8 Å². The van der Waals surface area contributed by atoms with E-state index in [-0.39, 0.29) is 0 Å². The SMILES string of the molecule is COc1cccc(C#CC2(C)CCc3c(C)c(O)c(C)c(C)c3O2)c1. The first-order valence-electron chi connectivity index (χ1n) is 8.52. The average molecular weight is 336 g/mol. The Labute approximate surface area is 149 Å². The van der Waals surface area contributed by atoms with E-state index in [4.69, 9.17) is 9.47 Å². The number of rotatable bonds is 1. The van der Waals surface area contributed by atoms with E-state index in [1.807, 2.05) is 52.0 Å². The van der Waals surface area contributed by atoms with Gasteiger partial charge in [-0.3, -0.25) is 0 Å². The summed E-state index contributed by atoms with van der Waals surface area (Å²) in [6.45, 7) is 7.90. The van der Waals surface area contributed by atoms with Gasteiger partial charge in [-0.2, -0.15) is 0 Å². The molecule has 0 amide bonds. The van der Waals surface area contributed by atoms with Gasteiger partial charge in [0, 0.05) is 17.5 Å². The van der Waals surface area contributed by atoms with Gasteiger partial charge in [-0.25, -0.2) is 0 Å². The molecule has 0 spiro atoms. The molecule has 0 aromatic heterocycles. The zero-order chi connectivity index (χ0) is 18.2. The summed E-state index contributed by atoms with van der Waals surface area (Å²) in [6.07, 6.45) is 1.64. The first kappa shape index (κ1) is 17.2. The molecule has 1 atom stereocenters. The number of methoxy groups -OCH3 is 1. The minimum Gasteiger partial charge on any atom is -0.507 e. The highest BCUT2D eigenvalue weighted by Gasteiger charge is 2.33. The molecule has 3 nitrogen and oxygen atoms in total. The molecule has 0 radical (unpaired) electrons. The molecule has 1 aliphatic heterocycles. The number of aromatic hydroxyl groups is 1. The number of phenolic OH excluding ortho intramolecular Hbond substituents is 1. The Morgan fingerprint density at radius 1 is 1.16 bits per heavy atom. The molecule has 0 saturated carbocycles. The van der Waals surface area contributed by atoms with Gasteiger partial charge in [-0.05, 0) is 69.0 Å². The topological polar surface area (TPSA) is 38.7 Å². The fourth-order valence-corrected chi connectivity index (χ4v) is 3.24. The standard InChI is InChI=1S/C22H24O3/c1-14-15(2)21-19(16(3)20(14)23)10-12-22(4,25-21)11-9-17-7-6-8-18(13-17)24-5/h6-8,13,23H,10,12H2,1-5H3. The Morgan fingerprint density at radius 3 is 2.64 bits per heavy atom. The number of ether oxygens (including phenoxy) is 2. The van der Waals surface area contributed by atoms with Crippen molar-refractivity contribution in [2.24, 2.45) is 0 Å². The van der Waals surface area contributed by atoms with Crippen LogP contribution < -0.4 is 9.47 Å². The number of hydrogen-bond donors (Lipinski definition) is 1. The second-order valence-electron chi connectivity index (χ2n) is 6.85. The van der Waals surface area contributed by atoms with Gasteiger partial charge in [0.15, 0.2) is 5.60 Å². The van der Waals surface area contributed by atoms with Crippen molar-refractivity contribution in [2.45, 2.75) is 46.1 Å². The van der Waals surface area contributed by atoms with E-state index in [9.17, 15) is 5.11 Å². The Balaban J connectivity index is 1.95. The number of hydrogen-bond acceptors (Lipinski definition) is 3. The molecule has 25 heavy (non-hydrogen) atoms. The first-order chi connectivity index (χ1) is 11.8. The van der Waals surface area contributed by atoms with Crippen molar-refractivity contribution >= 4 is 0 Å². The molecule has 0 bridgehead atoms. The zero-order valence-electron chi connectivity index (χ0n) is 15.5. The minimum atomic E-state index is -0.545. The number of benzene rings is 2. The second-order valence-corrected chi connectivity index (χ2v) is 6.85. The summed E-state index contributed by atoms with van der Waals surface area (Å²) in [6, 6.07) is 7.72. The van der Waals surface area contributed by atoms with Crippen molar-refractivity contribution in [3.05, 3.63) is 52.1 Å². The van der Waals surface area contributed by atoms with Crippen molar-refractivity contribution in [1.29, 1.82) is 0 Å².